The Morgan fingerprint density at radius 3 is 2.29 bits per heavy atom. The molecule has 0 radical (unpaired) electrons. The van der Waals surface area contributed by atoms with Gasteiger partial charge in [0.15, 0.2) is 0 Å². The van der Waals surface area contributed by atoms with E-state index in [4.69, 9.17) is 5.11 Å². The molecule has 0 unspecified atom stereocenters. The lowest BCUT2D eigenvalue weighted by Gasteiger charge is -2.28. The van der Waals surface area contributed by atoms with E-state index in [2.05, 4.69) is 5.32 Å². The highest BCUT2D eigenvalue weighted by atomic mass is 16.4. The minimum Gasteiger partial charge on any atom is -0.480 e. The van der Waals surface area contributed by atoms with E-state index in [-0.39, 0.29) is 12.0 Å². The summed E-state index contributed by atoms with van der Waals surface area (Å²) in [6, 6.07) is 0.0466. The van der Waals surface area contributed by atoms with Crippen molar-refractivity contribution >= 4 is 5.97 Å². The second-order valence-electron chi connectivity index (χ2n) is 4.56. The highest BCUT2D eigenvalue weighted by Crippen LogP contribution is 2.18. The fraction of sp³-hybridized carbons (Fsp3) is 0.909. The lowest BCUT2D eigenvalue weighted by atomic mass is 9.93. The molecule has 1 saturated carbocycles. The minimum absolute atomic E-state index is 0.162. The van der Waals surface area contributed by atoms with Crippen molar-refractivity contribution in [3.63, 3.8) is 0 Å². The molecule has 1 fully saturated rings. The maximum absolute atomic E-state index is 11.0. The summed E-state index contributed by atoms with van der Waals surface area (Å²) >= 11 is 0. The molecule has 3 heteroatoms. The van der Waals surface area contributed by atoms with Gasteiger partial charge in [-0.1, -0.05) is 33.1 Å². The highest BCUT2D eigenvalue weighted by Gasteiger charge is 2.25. The Morgan fingerprint density at radius 2 is 1.86 bits per heavy atom. The highest BCUT2D eigenvalue weighted by molar-refractivity contribution is 5.73. The Kier molecular flexibility index (Phi) is 4.39. The van der Waals surface area contributed by atoms with Crippen molar-refractivity contribution in [1.29, 1.82) is 0 Å². The fourth-order valence-corrected chi connectivity index (χ4v) is 2.07. The van der Waals surface area contributed by atoms with Crippen molar-refractivity contribution in [1.82, 2.24) is 5.32 Å². The third kappa shape index (κ3) is 3.29. The summed E-state index contributed by atoms with van der Waals surface area (Å²) in [4.78, 5) is 11.0. The van der Waals surface area contributed by atoms with Gasteiger partial charge in [-0.25, -0.2) is 0 Å². The van der Waals surface area contributed by atoms with E-state index in [1.807, 2.05) is 13.8 Å². The summed E-state index contributed by atoms with van der Waals surface area (Å²) < 4.78 is 0. The predicted molar refractivity (Wildman–Crippen MR) is 56.3 cm³/mol. The number of hydrogen-bond acceptors (Lipinski definition) is 2. The zero-order chi connectivity index (χ0) is 10.6. The largest absolute Gasteiger partial charge is 0.480 e. The zero-order valence-electron chi connectivity index (χ0n) is 9.12. The van der Waals surface area contributed by atoms with Crippen LogP contribution in [0.5, 0.6) is 0 Å². The van der Waals surface area contributed by atoms with Gasteiger partial charge in [-0.15, -0.1) is 0 Å². The van der Waals surface area contributed by atoms with E-state index in [1.54, 1.807) is 0 Å². The molecule has 14 heavy (non-hydrogen) atoms. The smallest absolute Gasteiger partial charge is 0.320 e. The number of rotatable bonds is 4. The van der Waals surface area contributed by atoms with E-state index in [9.17, 15) is 4.79 Å². The van der Waals surface area contributed by atoms with E-state index in [1.165, 1.54) is 19.3 Å². The number of carboxylic acids is 1. The van der Waals surface area contributed by atoms with E-state index >= 15 is 0 Å². The summed E-state index contributed by atoms with van der Waals surface area (Å²) in [6.45, 7) is 3.91. The Hall–Kier alpha value is -0.570. The van der Waals surface area contributed by atoms with Crippen molar-refractivity contribution in [3.8, 4) is 0 Å². The van der Waals surface area contributed by atoms with Crippen LogP contribution in [0, 0.1) is 5.92 Å². The molecule has 3 nitrogen and oxygen atoms in total. The molecule has 0 aromatic heterocycles. The van der Waals surface area contributed by atoms with Gasteiger partial charge >= 0.3 is 5.97 Å². The van der Waals surface area contributed by atoms with Gasteiger partial charge in [0.1, 0.15) is 6.04 Å². The number of hydrogen-bond donors (Lipinski definition) is 2. The van der Waals surface area contributed by atoms with Crippen LogP contribution < -0.4 is 5.32 Å². The first kappa shape index (κ1) is 11.5. The van der Waals surface area contributed by atoms with Crippen LogP contribution in [0.2, 0.25) is 0 Å². The molecule has 2 N–H and O–H groups in total. The van der Waals surface area contributed by atoms with Gasteiger partial charge < -0.3 is 10.4 Å². The SMILES string of the molecule is CC(C)[C@H](NC1CCCCC1)C(=O)O. The average Bonchev–Trinajstić information content (AvgIpc) is 2.15. The van der Waals surface area contributed by atoms with Crippen molar-refractivity contribution in [2.24, 2.45) is 5.92 Å². The molecule has 0 amide bonds. The maximum atomic E-state index is 11.0. The molecule has 0 aromatic rings. The quantitative estimate of drug-likeness (QED) is 0.728. The van der Waals surface area contributed by atoms with Crippen LogP contribution in [0.3, 0.4) is 0 Å². The van der Waals surface area contributed by atoms with Crippen molar-refractivity contribution in [3.05, 3.63) is 0 Å². The first-order valence-electron chi connectivity index (χ1n) is 5.60. The average molecular weight is 199 g/mol. The Labute approximate surface area is 85.9 Å². The number of carboxylic acid groups (broad SMARTS) is 1. The molecule has 1 atom stereocenters. The molecule has 0 saturated heterocycles. The topological polar surface area (TPSA) is 49.3 Å². The predicted octanol–water partition coefficient (Wildman–Crippen LogP) is 2.02. The van der Waals surface area contributed by atoms with Crippen LogP contribution in [-0.4, -0.2) is 23.2 Å². The Balaban J connectivity index is 2.41. The normalized spacial score (nSPS) is 21.1. The number of carbonyl (C=O) groups is 1. The summed E-state index contributed by atoms with van der Waals surface area (Å²) in [5, 5.41) is 12.3. The summed E-state index contributed by atoms with van der Waals surface area (Å²) in [5.41, 5.74) is 0. The first-order chi connectivity index (χ1) is 6.61. The van der Waals surface area contributed by atoms with Crippen molar-refractivity contribution in [2.45, 2.75) is 58.0 Å². The third-order valence-corrected chi connectivity index (χ3v) is 2.95. The van der Waals surface area contributed by atoms with Crippen molar-refractivity contribution < 1.29 is 9.90 Å². The molecular weight excluding hydrogens is 178 g/mol. The van der Waals surface area contributed by atoms with E-state index < -0.39 is 5.97 Å². The number of nitrogens with one attached hydrogen (secondary N) is 1. The molecule has 0 heterocycles. The van der Waals surface area contributed by atoms with Gasteiger partial charge in [0.25, 0.3) is 0 Å². The fourth-order valence-electron chi connectivity index (χ4n) is 2.07. The van der Waals surface area contributed by atoms with Crippen molar-refractivity contribution in [2.75, 3.05) is 0 Å². The van der Waals surface area contributed by atoms with Crippen LogP contribution in [0.4, 0.5) is 0 Å². The van der Waals surface area contributed by atoms with Crippen LogP contribution in [0.15, 0.2) is 0 Å². The molecule has 0 bridgehead atoms. The first-order valence-corrected chi connectivity index (χ1v) is 5.60. The standard InChI is InChI=1S/C11H21NO2/c1-8(2)10(11(13)14)12-9-6-4-3-5-7-9/h8-10,12H,3-7H2,1-2H3,(H,13,14)/t10-/m0/s1. The maximum Gasteiger partial charge on any atom is 0.320 e. The number of aliphatic carboxylic acids is 1. The van der Waals surface area contributed by atoms with Crippen LogP contribution in [0.1, 0.15) is 46.0 Å². The molecule has 1 aliphatic rings. The molecule has 0 spiro atoms. The van der Waals surface area contributed by atoms with Gasteiger partial charge in [-0.2, -0.15) is 0 Å². The van der Waals surface area contributed by atoms with E-state index in [0.29, 0.717) is 6.04 Å². The van der Waals surface area contributed by atoms with E-state index in [0.717, 1.165) is 12.8 Å². The van der Waals surface area contributed by atoms with Gasteiger partial charge in [0.05, 0.1) is 0 Å². The third-order valence-electron chi connectivity index (χ3n) is 2.95. The monoisotopic (exact) mass is 199 g/mol. The molecule has 82 valence electrons. The Morgan fingerprint density at radius 1 is 1.29 bits per heavy atom. The minimum atomic E-state index is -0.717. The van der Waals surface area contributed by atoms with Crippen LogP contribution in [0.25, 0.3) is 0 Å². The second-order valence-corrected chi connectivity index (χ2v) is 4.56. The summed E-state index contributed by atoms with van der Waals surface area (Å²) in [6.07, 6.45) is 6.05. The molecule has 0 aliphatic heterocycles. The second kappa shape index (κ2) is 5.35. The molecular formula is C11H21NO2. The lowest BCUT2D eigenvalue weighted by Crippen LogP contribution is -2.47. The van der Waals surface area contributed by atoms with Crippen LogP contribution >= 0.6 is 0 Å². The van der Waals surface area contributed by atoms with Gasteiger partial charge in [-0.3, -0.25) is 4.79 Å². The molecule has 0 aromatic carbocycles. The molecule has 1 rings (SSSR count). The summed E-state index contributed by atoms with van der Waals surface area (Å²) in [7, 11) is 0. The van der Waals surface area contributed by atoms with Crippen LogP contribution in [-0.2, 0) is 4.79 Å². The molecule has 1 aliphatic carbocycles. The van der Waals surface area contributed by atoms with Gasteiger partial charge in [-0.05, 0) is 18.8 Å². The zero-order valence-corrected chi connectivity index (χ0v) is 9.12. The van der Waals surface area contributed by atoms with Gasteiger partial charge in [0, 0.05) is 6.04 Å². The lowest BCUT2D eigenvalue weighted by molar-refractivity contribution is -0.141. The van der Waals surface area contributed by atoms with Gasteiger partial charge in [0.2, 0.25) is 0 Å². The summed E-state index contributed by atoms with van der Waals surface area (Å²) in [5.74, 6) is -0.556. The Bertz CT molecular complexity index is 186.